The number of nitrogen functional groups attached to an aromatic ring is 1. The van der Waals surface area contributed by atoms with Gasteiger partial charge in [0.05, 0.1) is 11.7 Å². The molecule has 1 saturated heterocycles. The van der Waals surface area contributed by atoms with Crippen molar-refractivity contribution in [3.05, 3.63) is 40.3 Å². The number of rotatable bonds is 3. The van der Waals surface area contributed by atoms with Crippen molar-refractivity contribution in [1.29, 1.82) is 0 Å². The lowest BCUT2D eigenvalue weighted by molar-refractivity contribution is 0.0727. The molecule has 0 aromatic carbocycles. The summed E-state index contributed by atoms with van der Waals surface area (Å²) in [5.41, 5.74) is 7.19. The third-order valence-electron chi connectivity index (χ3n) is 3.86. The minimum Gasteiger partial charge on any atom is -0.397 e. The van der Waals surface area contributed by atoms with Gasteiger partial charge in [-0.25, -0.2) is 0 Å². The molecule has 1 amide bonds. The average molecular weight is 289 g/mol. The second-order valence-corrected chi connectivity index (χ2v) is 6.10. The molecule has 0 aliphatic carbocycles. The maximum absolute atomic E-state index is 12.8. The number of thiophene rings is 1. The van der Waals surface area contributed by atoms with E-state index < -0.39 is 0 Å². The van der Waals surface area contributed by atoms with Gasteiger partial charge in [0, 0.05) is 24.2 Å². The van der Waals surface area contributed by atoms with Crippen molar-refractivity contribution < 1.29 is 4.79 Å². The lowest BCUT2D eigenvalue weighted by Gasteiger charge is -2.24. The Bertz CT molecular complexity index is 603. The summed E-state index contributed by atoms with van der Waals surface area (Å²) in [6.45, 7) is 3.61. The van der Waals surface area contributed by atoms with Crippen molar-refractivity contribution in [2.45, 2.75) is 32.4 Å². The lowest BCUT2D eigenvalue weighted by Crippen LogP contribution is -2.31. The largest absolute Gasteiger partial charge is 0.397 e. The molecule has 1 aliphatic rings. The van der Waals surface area contributed by atoms with Gasteiger partial charge in [-0.2, -0.15) is 0 Å². The van der Waals surface area contributed by atoms with Crippen molar-refractivity contribution in [1.82, 2.24) is 9.47 Å². The van der Waals surface area contributed by atoms with Crippen molar-refractivity contribution in [2.24, 2.45) is 0 Å². The molecule has 4 nitrogen and oxygen atoms in total. The summed E-state index contributed by atoms with van der Waals surface area (Å²) in [6, 6.07) is 6.18. The van der Waals surface area contributed by atoms with Crippen LogP contribution in [0.25, 0.3) is 0 Å². The van der Waals surface area contributed by atoms with E-state index in [1.54, 1.807) is 17.4 Å². The van der Waals surface area contributed by atoms with Crippen LogP contribution in [0.4, 0.5) is 5.69 Å². The van der Waals surface area contributed by atoms with E-state index in [0.717, 1.165) is 25.9 Å². The van der Waals surface area contributed by atoms with Gasteiger partial charge in [-0.1, -0.05) is 6.07 Å². The Labute approximate surface area is 122 Å². The van der Waals surface area contributed by atoms with Crippen molar-refractivity contribution in [3.8, 4) is 0 Å². The molecule has 3 rings (SSSR count). The maximum Gasteiger partial charge on any atom is 0.271 e. The summed E-state index contributed by atoms with van der Waals surface area (Å²) < 4.78 is 1.93. The van der Waals surface area contributed by atoms with E-state index in [4.69, 9.17) is 5.73 Å². The molecule has 2 aromatic heterocycles. The maximum atomic E-state index is 12.8. The molecule has 20 heavy (non-hydrogen) atoms. The van der Waals surface area contributed by atoms with Crippen LogP contribution in [-0.2, 0) is 6.54 Å². The summed E-state index contributed by atoms with van der Waals surface area (Å²) in [5.74, 6) is 0.0967. The van der Waals surface area contributed by atoms with Crippen LogP contribution < -0.4 is 5.73 Å². The first-order chi connectivity index (χ1) is 9.70. The zero-order valence-corrected chi connectivity index (χ0v) is 12.4. The van der Waals surface area contributed by atoms with E-state index in [9.17, 15) is 4.79 Å². The first kappa shape index (κ1) is 13.2. The molecule has 0 radical (unpaired) electrons. The van der Waals surface area contributed by atoms with Crippen molar-refractivity contribution >= 4 is 22.9 Å². The zero-order chi connectivity index (χ0) is 14.1. The zero-order valence-electron chi connectivity index (χ0n) is 11.6. The summed E-state index contributed by atoms with van der Waals surface area (Å²) >= 11 is 1.73. The third-order valence-corrected chi connectivity index (χ3v) is 4.84. The fraction of sp³-hybridized carbons (Fsp3) is 0.400. The summed E-state index contributed by atoms with van der Waals surface area (Å²) in [4.78, 5) is 16.1. The van der Waals surface area contributed by atoms with Crippen LogP contribution >= 0.6 is 11.3 Å². The number of carbonyl (C=O) groups is 1. The van der Waals surface area contributed by atoms with Gasteiger partial charge in [0.1, 0.15) is 5.69 Å². The number of nitrogens with two attached hydrogens (primary N) is 1. The van der Waals surface area contributed by atoms with E-state index in [1.165, 1.54) is 4.88 Å². The Morgan fingerprint density at radius 3 is 3.10 bits per heavy atom. The molecule has 5 heteroatoms. The van der Waals surface area contributed by atoms with Crippen LogP contribution in [0.5, 0.6) is 0 Å². The highest BCUT2D eigenvalue weighted by Gasteiger charge is 2.32. The number of carbonyl (C=O) groups excluding carboxylic acids is 1. The van der Waals surface area contributed by atoms with Crippen LogP contribution in [0.2, 0.25) is 0 Å². The lowest BCUT2D eigenvalue weighted by atomic mass is 10.2. The standard InChI is InChI=1S/C15H19N3OS/c1-2-17-10-11(16)9-13(17)15(19)18-7-3-5-12(18)14-6-4-8-20-14/h4,6,8-10,12H,2-3,5,7,16H2,1H3. The number of aryl methyl sites for hydroxylation is 1. The predicted molar refractivity (Wildman–Crippen MR) is 81.8 cm³/mol. The second-order valence-electron chi connectivity index (χ2n) is 5.12. The predicted octanol–water partition coefficient (Wildman–Crippen LogP) is 3.13. The highest BCUT2D eigenvalue weighted by atomic mass is 32.1. The van der Waals surface area contributed by atoms with Gasteiger partial charge in [0.15, 0.2) is 0 Å². The van der Waals surface area contributed by atoms with E-state index in [1.807, 2.05) is 28.7 Å². The second kappa shape index (κ2) is 5.32. The molecule has 3 heterocycles. The van der Waals surface area contributed by atoms with E-state index >= 15 is 0 Å². The highest BCUT2D eigenvalue weighted by Crippen LogP contribution is 2.35. The first-order valence-electron chi connectivity index (χ1n) is 7.00. The molecule has 0 bridgehead atoms. The molecule has 1 unspecified atom stereocenters. The average Bonchev–Trinajstić information content (AvgIpc) is 3.16. The van der Waals surface area contributed by atoms with Gasteiger partial charge in [-0.3, -0.25) is 4.79 Å². The number of anilines is 1. The number of nitrogens with zero attached hydrogens (tertiary/aromatic N) is 2. The van der Waals surface area contributed by atoms with Crippen LogP contribution in [0, 0.1) is 0 Å². The van der Waals surface area contributed by atoms with Gasteiger partial charge in [0.25, 0.3) is 5.91 Å². The van der Waals surface area contributed by atoms with Gasteiger partial charge in [-0.15, -0.1) is 11.3 Å². The Kier molecular flexibility index (Phi) is 3.53. The number of likely N-dealkylation sites (tertiary alicyclic amines) is 1. The normalized spacial score (nSPS) is 18.6. The SMILES string of the molecule is CCn1cc(N)cc1C(=O)N1CCCC1c1cccs1. The van der Waals surface area contributed by atoms with Crippen molar-refractivity contribution in [3.63, 3.8) is 0 Å². The van der Waals surface area contributed by atoms with E-state index in [-0.39, 0.29) is 11.9 Å². The molecule has 2 N–H and O–H groups in total. The molecular weight excluding hydrogens is 270 g/mol. The third kappa shape index (κ3) is 2.22. The Balaban J connectivity index is 1.89. The first-order valence-corrected chi connectivity index (χ1v) is 7.88. The fourth-order valence-corrected chi connectivity index (χ4v) is 3.78. The highest BCUT2D eigenvalue weighted by molar-refractivity contribution is 7.10. The molecule has 1 atom stereocenters. The summed E-state index contributed by atoms with van der Waals surface area (Å²) in [7, 11) is 0. The molecule has 0 spiro atoms. The monoisotopic (exact) mass is 289 g/mol. The number of amides is 1. The molecule has 2 aromatic rings. The van der Waals surface area contributed by atoms with Crippen molar-refractivity contribution in [2.75, 3.05) is 12.3 Å². The molecule has 1 fully saturated rings. The van der Waals surface area contributed by atoms with Crippen LogP contribution in [0.1, 0.15) is 41.2 Å². The molecule has 1 aliphatic heterocycles. The Morgan fingerprint density at radius 2 is 2.40 bits per heavy atom. The van der Waals surface area contributed by atoms with Gasteiger partial charge in [-0.05, 0) is 37.3 Å². The number of hydrogen-bond donors (Lipinski definition) is 1. The van der Waals surface area contributed by atoms with Crippen LogP contribution in [0.15, 0.2) is 29.8 Å². The van der Waals surface area contributed by atoms with E-state index in [0.29, 0.717) is 11.4 Å². The molecule has 0 saturated carbocycles. The van der Waals surface area contributed by atoms with Gasteiger partial charge < -0.3 is 15.2 Å². The minimum atomic E-state index is 0.0967. The minimum absolute atomic E-state index is 0.0967. The topological polar surface area (TPSA) is 51.3 Å². The van der Waals surface area contributed by atoms with Gasteiger partial charge in [0.2, 0.25) is 0 Å². The van der Waals surface area contributed by atoms with E-state index in [2.05, 4.69) is 11.4 Å². The summed E-state index contributed by atoms with van der Waals surface area (Å²) in [6.07, 6.45) is 3.95. The van der Waals surface area contributed by atoms with Gasteiger partial charge >= 0.3 is 0 Å². The Morgan fingerprint density at radius 1 is 1.55 bits per heavy atom. The molecular formula is C15H19N3OS. The number of aromatic nitrogens is 1. The van der Waals surface area contributed by atoms with Crippen LogP contribution in [0.3, 0.4) is 0 Å². The quantitative estimate of drug-likeness (QED) is 0.943. The fourth-order valence-electron chi connectivity index (χ4n) is 2.91. The number of hydrogen-bond acceptors (Lipinski definition) is 3. The van der Waals surface area contributed by atoms with Crippen LogP contribution in [-0.4, -0.2) is 21.9 Å². The smallest absolute Gasteiger partial charge is 0.271 e. The summed E-state index contributed by atoms with van der Waals surface area (Å²) in [5, 5.41) is 2.07. The molecule has 106 valence electrons. The Hall–Kier alpha value is -1.75.